The Labute approximate surface area is 157 Å². The third-order valence-electron chi connectivity index (χ3n) is 4.17. The van der Waals surface area contributed by atoms with Crippen molar-refractivity contribution in [2.45, 2.75) is 6.04 Å². The molecule has 134 valence electrons. The van der Waals surface area contributed by atoms with Crippen molar-refractivity contribution < 1.29 is 13.9 Å². The summed E-state index contributed by atoms with van der Waals surface area (Å²) < 4.78 is 18.8. The Morgan fingerprint density at radius 2 is 2.08 bits per heavy atom. The minimum atomic E-state index is -0.548. The molecule has 0 saturated carbocycles. The second-order valence-corrected chi connectivity index (χ2v) is 6.00. The summed E-state index contributed by atoms with van der Waals surface area (Å²) in [6.45, 7) is 1.82. The number of piperazine rings is 1. The van der Waals surface area contributed by atoms with Gasteiger partial charge >= 0.3 is 0 Å². The predicted octanol–water partition coefficient (Wildman–Crippen LogP) is 3.70. The molecule has 1 unspecified atom stereocenters. The smallest absolute Gasteiger partial charge is 0.254 e. The Kier molecular flexibility index (Phi) is 6.64. The van der Waals surface area contributed by atoms with Crippen molar-refractivity contribution in [3.63, 3.8) is 0 Å². The Balaban J connectivity index is 0.00000225. The van der Waals surface area contributed by atoms with Gasteiger partial charge in [0.2, 0.25) is 0 Å². The normalized spacial score (nSPS) is 16.9. The maximum absolute atomic E-state index is 13.9. The quantitative estimate of drug-likeness (QED) is 0.876. The lowest BCUT2D eigenvalue weighted by atomic mass is 10.0. The van der Waals surface area contributed by atoms with Gasteiger partial charge in [-0.3, -0.25) is 4.79 Å². The minimum Gasteiger partial charge on any atom is -0.494 e. The Hall–Kier alpha value is -1.82. The fourth-order valence-electron chi connectivity index (χ4n) is 2.94. The zero-order valence-electron chi connectivity index (χ0n) is 13.7. The van der Waals surface area contributed by atoms with E-state index in [1.165, 1.54) is 19.2 Å². The van der Waals surface area contributed by atoms with Crippen molar-refractivity contribution in [3.05, 3.63) is 64.4 Å². The van der Waals surface area contributed by atoms with E-state index < -0.39 is 5.82 Å². The third-order valence-corrected chi connectivity index (χ3v) is 4.51. The van der Waals surface area contributed by atoms with Crippen LogP contribution in [-0.4, -0.2) is 37.6 Å². The lowest BCUT2D eigenvalue weighted by molar-refractivity contribution is 0.0634. The van der Waals surface area contributed by atoms with Gasteiger partial charge in [0.05, 0.1) is 13.2 Å². The fourth-order valence-corrected chi connectivity index (χ4v) is 3.20. The van der Waals surface area contributed by atoms with Crippen molar-refractivity contribution in [1.29, 1.82) is 0 Å². The van der Waals surface area contributed by atoms with Gasteiger partial charge in [0.15, 0.2) is 11.6 Å². The number of nitrogens with one attached hydrogen (secondary N) is 1. The van der Waals surface area contributed by atoms with Crippen molar-refractivity contribution in [3.8, 4) is 5.75 Å². The van der Waals surface area contributed by atoms with Crippen LogP contribution in [0.15, 0.2) is 42.5 Å². The van der Waals surface area contributed by atoms with Gasteiger partial charge < -0.3 is 15.0 Å². The molecule has 0 aliphatic carbocycles. The van der Waals surface area contributed by atoms with Crippen LogP contribution < -0.4 is 10.1 Å². The number of benzene rings is 2. The largest absolute Gasteiger partial charge is 0.494 e. The van der Waals surface area contributed by atoms with E-state index in [2.05, 4.69) is 5.32 Å². The molecule has 0 bridgehead atoms. The maximum atomic E-state index is 13.9. The number of hydrogen-bond acceptors (Lipinski definition) is 3. The predicted molar refractivity (Wildman–Crippen MR) is 98.3 cm³/mol. The number of carbonyl (C=O) groups is 1. The van der Waals surface area contributed by atoms with Crippen LogP contribution in [0.5, 0.6) is 5.75 Å². The van der Waals surface area contributed by atoms with Crippen LogP contribution in [0.25, 0.3) is 0 Å². The number of rotatable bonds is 3. The van der Waals surface area contributed by atoms with Crippen LogP contribution in [0.2, 0.25) is 5.02 Å². The molecule has 3 rings (SSSR count). The van der Waals surface area contributed by atoms with Gasteiger partial charge in [-0.25, -0.2) is 4.39 Å². The molecule has 4 nitrogen and oxygen atoms in total. The number of halogens is 3. The highest BCUT2D eigenvalue weighted by Crippen LogP contribution is 2.30. The first-order valence-electron chi connectivity index (χ1n) is 7.71. The SMILES string of the molecule is COc1ccc(C(=O)N2CCNCC2c2ccccc2Cl)cc1F.Cl. The highest BCUT2D eigenvalue weighted by atomic mass is 35.5. The fraction of sp³-hybridized carbons (Fsp3) is 0.278. The molecular formula is C18H19Cl2FN2O2. The summed E-state index contributed by atoms with van der Waals surface area (Å²) in [7, 11) is 1.39. The van der Waals surface area contributed by atoms with E-state index in [1.54, 1.807) is 17.0 Å². The zero-order chi connectivity index (χ0) is 17.1. The summed E-state index contributed by atoms with van der Waals surface area (Å²) in [5.74, 6) is -0.648. The molecule has 0 spiro atoms. The number of hydrogen-bond donors (Lipinski definition) is 1. The molecular weight excluding hydrogens is 366 g/mol. The molecule has 1 N–H and O–H groups in total. The first-order valence-corrected chi connectivity index (χ1v) is 8.09. The molecule has 7 heteroatoms. The Morgan fingerprint density at radius 1 is 1.32 bits per heavy atom. The molecule has 1 aliphatic rings. The standard InChI is InChI=1S/C18H18ClFN2O2.ClH/c1-24-17-7-6-12(10-15(17)20)18(23)22-9-8-21-11-16(22)13-4-2-3-5-14(13)19;/h2-7,10,16,21H,8-9,11H2,1H3;1H. The topological polar surface area (TPSA) is 41.6 Å². The summed E-state index contributed by atoms with van der Waals surface area (Å²) in [6, 6.07) is 11.5. The van der Waals surface area contributed by atoms with E-state index in [0.717, 1.165) is 5.56 Å². The number of carbonyl (C=O) groups excluding carboxylic acids is 1. The average molecular weight is 385 g/mol. The number of amides is 1. The van der Waals surface area contributed by atoms with Gasteiger partial charge in [-0.2, -0.15) is 0 Å². The van der Waals surface area contributed by atoms with Gasteiger partial charge in [0.25, 0.3) is 5.91 Å². The average Bonchev–Trinajstić information content (AvgIpc) is 2.61. The van der Waals surface area contributed by atoms with Crippen LogP contribution >= 0.6 is 24.0 Å². The first kappa shape index (κ1) is 19.5. The molecule has 1 amide bonds. The zero-order valence-corrected chi connectivity index (χ0v) is 15.2. The molecule has 25 heavy (non-hydrogen) atoms. The van der Waals surface area contributed by atoms with Gasteiger partial charge in [-0.05, 0) is 29.8 Å². The molecule has 1 saturated heterocycles. The molecule has 0 aromatic heterocycles. The Morgan fingerprint density at radius 3 is 2.76 bits per heavy atom. The van der Waals surface area contributed by atoms with E-state index in [0.29, 0.717) is 30.2 Å². The monoisotopic (exact) mass is 384 g/mol. The van der Waals surface area contributed by atoms with Crippen LogP contribution in [0.3, 0.4) is 0 Å². The van der Waals surface area contributed by atoms with Crippen LogP contribution in [0.1, 0.15) is 22.0 Å². The molecule has 1 heterocycles. The summed E-state index contributed by atoms with van der Waals surface area (Å²) in [5, 5.41) is 3.90. The van der Waals surface area contributed by atoms with Crippen molar-refractivity contribution in [1.82, 2.24) is 10.2 Å². The van der Waals surface area contributed by atoms with E-state index in [9.17, 15) is 9.18 Å². The van der Waals surface area contributed by atoms with E-state index in [1.807, 2.05) is 18.2 Å². The van der Waals surface area contributed by atoms with Gasteiger partial charge in [-0.1, -0.05) is 29.8 Å². The van der Waals surface area contributed by atoms with Gasteiger partial charge in [0.1, 0.15) is 0 Å². The molecule has 2 aromatic rings. The number of nitrogens with zero attached hydrogens (tertiary/aromatic N) is 1. The second kappa shape index (κ2) is 8.52. The van der Waals surface area contributed by atoms with E-state index in [4.69, 9.17) is 16.3 Å². The summed E-state index contributed by atoms with van der Waals surface area (Å²) >= 11 is 6.30. The van der Waals surface area contributed by atoms with Gasteiger partial charge in [0, 0.05) is 30.2 Å². The highest BCUT2D eigenvalue weighted by molar-refractivity contribution is 6.31. The summed E-state index contributed by atoms with van der Waals surface area (Å²) in [4.78, 5) is 14.6. The minimum absolute atomic E-state index is 0. The van der Waals surface area contributed by atoms with Crippen molar-refractivity contribution in [2.24, 2.45) is 0 Å². The van der Waals surface area contributed by atoms with Gasteiger partial charge in [-0.15, -0.1) is 12.4 Å². The molecule has 1 aliphatic heterocycles. The first-order chi connectivity index (χ1) is 11.6. The van der Waals surface area contributed by atoms with Crippen LogP contribution in [-0.2, 0) is 0 Å². The van der Waals surface area contributed by atoms with Crippen molar-refractivity contribution >= 4 is 29.9 Å². The number of methoxy groups -OCH3 is 1. The third kappa shape index (κ3) is 4.06. The lowest BCUT2D eigenvalue weighted by Gasteiger charge is -2.37. The summed E-state index contributed by atoms with van der Waals surface area (Å²) in [6.07, 6.45) is 0. The molecule has 1 fully saturated rings. The maximum Gasteiger partial charge on any atom is 0.254 e. The summed E-state index contributed by atoms with van der Waals surface area (Å²) in [5.41, 5.74) is 1.18. The van der Waals surface area contributed by atoms with Crippen LogP contribution in [0, 0.1) is 5.82 Å². The highest BCUT2D eigenvalue weighted by Gasteiger charge is 2.30. The van der Waals surface area contributed by atoms with E-state index >= 15 is 0 Å². The second-order valence-electron chi connectivity index (χ2n) is 5.59. The van der Waals surface area contributed by atoms with Crippen molar-refractivity contribution in [2.75, 3.05) is 26.7 Å². The molecule has 2 aromatic carbocycles. The van der Waals surface area contributed by atoms with Crippen LogP contribution in [0.4, 0.5) is 4.39 Å². The van der Waals surface area contributed by atoms with E-state index in [-0.39, 0.29) is 30.1 Å². The molecule has 0 radical (unpaired) electrons. The molecule has 1 atom stereocenters. The lowest BCUT2D eigenvalue weighted by Crippen LogP contribution is -2.48. The number of ether oxygens (including phenoxy) is 1. The Bertz CT molecular complexity index is 758.